The van der Waals surface area contributed by atoms with Gasteiger partial charge in [0.05, 0.1) is 5.69 Å². The van der Waals surface area contributed by atoms with Crippen LogP contribution in [0.15, 0.2) is 48.5 Å². The largest absolute Gasteiger partial charge is 0.493 e. The van der Waals surface area contributed by atoms with Gasteiger partial charge in [0, 0.05) is 11.1 Å². The fourth-order valence-electron chi connectivity index (χ4n) is 2.96. The molecule has 0 bridgehead atoms. The maximum Gasteiger partial charge on any atom is 0.218 e. The van der Waals surface area contributed by atoms with Gasteiger partial charge in [0.15, 0.2) is 0 Å². The van der Waals surface area contributed by atoms with E-state index in [1.165, 1.54) is 11.1 Å². The van der Waals surface area contributed by atoms with Gasteiger partial charge in [-0.1, -0.05) is 62.2 Å². The van der Waals surface area contributed by atoms with Crippen molar-refractivity contribution in [2.45, 2.75) is 40.0 Å². The molecule has 0 atom stereocenters. The summed E-state index contributed by atoms with van der Waals surface area (Å²) in [4.78, 5) is 0. The summed E-state index contributed by atoms with van der Waals surface area (Å²) in [5.74, 6) is 0.211. The molecule has 0 saturated heterocycles. The molecule has 0 saturated carbocycles. The Balaban J connectivity index is 2.25. The van der Waals surface area contributed by atoms with E-state index in [1.807, 2.05) is 43.3 Å². The second-order valence-electron chi connectivity index (χ2n) is 7.41. The summed E-state index contributed by atoms with van der Waals surface area (Å²) in [6, 6.07) is 16.3. The van der Waals surface area contributed by atoms with Crippen molar-refractivity contribution in [3.8, 4) is 22.8 Å². The smallest absolute Gasteiger partial charge is 0.218 e. The third-order valence-electron chi connectivity index (χ3n) is 4.18. The van der Waals surface area contributed by atoms with Gasteiger partial charge in [-0.15, -0.1) is 0 Å². The molecule has 1 heterocycles. The molecule has 24 heavy (non-hydrogen) atoms. The number of aromatic nitrogens is 2. The molecule has 0 fully saturated rings. The van der Waals surface area contributed by atoms with Crippen molar-refractivity contribution in [1.29, 1.82) is 0 Å². The van der Waals surface area contributed by atoms with Gasteiger partial charge in [-0.3, -0.25) is 0 Å². The van der Waals surface area contributed by atoms with E-state index in [1.54, 1.807) is 4.68 Å². The van der Waals surface area contributed by atoms with Crippen molar-refractivity contribution in [3.05, 3.63) is 65.2 Å². The topological polar surface area (TPSA) is 38.0 Å². The Labute approximate surface area is 143 Å². The fraction of sp³-hybridized carbons (Fsp3) is 0.286. The molecule has 0 unspecified atom stereocenters. The van der Waals surface area contributed by atoms with Crippen LogP contribution in [0.4, 0.5) is 0 Å². The molecule has 1 N–H and O–H groups in total. The molecule has 0 aliphatic rings. The minimum Gasteiger partial charge on any atom is -0.493 e. The summed E-state index contributed by atoms with van der Waals surface area (Å²) in [5, 5.41) is 15.7. The molecule has 0 amide bonds. The molecule has 3 heteroatoms. The average Bonchev–Trinajstić information content (AvgIpc) is 2.86. The van der Waals surface area contributed by atoms with Crippen LogP contribution in [0.25, 0.3) is 16.9 Å². The maximum atomic E-state index is 10.9. The van der Waals surface area contributed by atoms with E-state index in [0.29, 0.717) is 0 Å². The first-order valence-corrected chi connectivity index (χ1v) is 8.24. The summed E-state index contributed by atoms with van der Waals surface area (Å²) in [6.45, 7) is 10.4. The summed E-state index contributed by atoms with van der Waals surface area (Å²) in [6.07, 6.45) is 0. The SMILES string of the molecule is Cc1ccc(-n2nc(-c3cccc(C)c3)c(C(C)(C)C)c2O)cc1. The summed E-state index contributed by atoms with van der Waals surface area (Å²) in [5.41, 5.74) is 5.74. The van der Waals surface area contributed by atoms with Gasteiger partial charge in [0.2, 0.25) is 5.88 Å². The number of hydrogen-bond acceptors (Lipinski definition) is 2. The van der Waals surface area contributed by atoms with Gasteiger partial charge < -0.3 is 5.11 Å². The van der Waals surface area contributed by atoms with E-state index in [2.05, 4.69) is 39.8 Å². The Bertz CT molecular complexity index is 868. The van der Waals surface area contributed by atoms with Crippen LogP contribution in [-0.4, -0.2) is 14.9 Å². The third kappa shape index (κ3) is 2.94. The van der Waals surface area contributed by atoms with Gasteiger partial charge in [0.1, 0.15) is 5.69 Å². The van der Waals surface area contributed by atoms with Crippen LogP contribution < -0.4 is 0 Å². The van der Waals surface area contributed by atoms with Crippen molar-refractivity contribution >= 4 is 0 Å². The molecular weight excluding hydrogens is 296 g/mol. The molecule has 2 aromatic carbocycles. The zero-order chi connectivity index (χ0) is 17.5. The van der Waals surface area contributed by atoms with Gasteiger partial charge in [-0.25, -0.2) is 4.68 Å². The van der Waals surface area contributed by atoms with Crippen molar-refractivity contribution < 1.29 is 5.11 Å². The number of benzene rings is 2. The van der Waals surface area contributed by atoms with Crippen LogP contribution in [0.5, 0.6) is 5.88 Å². The van der Waals surface area contributed by atoms with Crippen molar-refractivity contribution in [2.75, 3.05) is 0 Å². The molecule has 3 aromatic rings. The predicted molar refractivity (Wildman–Crippen MR) is 98.8 cm³/mol. The van der Waals surface area contributed by atoms with E-state index in [0.717, 1.165) is 22.5 Å². The molecule has 124 valence electrons. The Morgan fingerprint density at radius 1 is 0.917 bits per heavy atom. The molecule has 0 aliphatic heterocycles. The number of aryl methyl sites for hydroxylation is 2. The molecule has 3 rings (SSSR count). The van der Waals surface area contributed by atoms with Gasteiger partial charge >= 0.3 is 0 Å². The quantitative estimate of drug-likeness (QED) is 0.708. The van der Waals surface area contributed by atoms with E-state index < -0.39 is 0 Å². The minimum absolute atomic E-state index is 0.211. The second kappa shape index (κ2) is 5.82. The van der Waals surface area contributed by atoms with Crippen LogP contribution in [0, 0.1) is 13.8 Å². The first kappa shape index (κ1) is 16.3. The van der Waals surface area contributed by atoms with Crippen molar-refractivity contribution in [2.24, 2.45) is 0 Å². The fourth-order valence-corrected chi connectivity index (χ4v) is 2.96. The zero-order valence-corrected chi connectivity index (χ0v) is 15.0. The highest BCUT2D eigenvalue weighted by atomic mass is 16.3. The van der Waals surface area contributed by atoms with E-state index in [-0.39, 0.29) is 11.3 Å². The lowest BCUT2D eigenvalue weighted by Crippen LogP contribution is -2.12. The Morgan fingerprint density at radius 2 is 1.58 bits per heavy atom. The van der Waals surface area contributed by atoms with E-state index in [4.69, 9.17) is 5.10 Å². The lowest BCUT2D eigenvalue weighted by Gasteiger charge is -2.19. The van der Waals surface area contributed by atoms with Crippen molar-refractivity contribution in [3.63, 3.8) is 0 Å². The molecule has 3 nitrogen and oxygen atoms in total. The van der Waals surface area contributed by atoms with Gasteiger partial charge in [-0.05, 0) is 37.5 Å². The molecule has 1 aromatic heterocycles. The first-order chi connectivity index (χ1) is 11.3. The highest BCUT2D eigenvalue weighted by molar-refractivity contribution is 5.68. The summed E-state index contributed by atoms with van der Waals surface area (Å²) >= 11 is 0. The van der Waals surface area contributed by atoms with E-state index >= 15 is 0 Å². The van der Waals surface area contributed by atoms with E-state index in [9.17, 15) is 5.11 Å². The predicted octanol–water partition coefficient (Wildman–Crippen LogP) is 5.16. The standard InChI is InChI=1S/C21H24N2O/c1-14-9-11-17(12-10-14)23-20(24)18(21(3,4)5)19(22-23)16-8-6-7-15(2)13-16/h6-13,24H,1-5H3. The number of rotatable bonds is 2. The van der Waals surface area contributed by atoms with Gasteiger partial charge in [-0.2, -0.15) is 5.10 Å². The van der Waals surface area contributed by atoms with Crippen LogP contribution in [0.3, 0.4) is 0 Å². The number of hydrogen-bond donors (Lipinski definition) is 1. The third-order valence-corrected chi connectivity index (χ3v) is 4.18. The minimum atomic E-state index is -0.216. The lowest BCUT2D eigenvalue weighted by atomic mass is 9.85. The highest BCUT2D eigenvalue weighted by Gasteiger charge is 2.29. The molecule has 0 radical (unpaired) electrons. The summed E-state index contributed by atoms with van der Waals surface area (Å²) in [7, 11) is 0. The van der Waals surface area contributed by atoms with Crippen LogP contribution >= 0.6 is 0 Å². The monoisotopic (exact) mass is 320 g/mol. The number of nitrogens with zero attached hydrogens (tertiary/aromatic N) is 2. The van der Waals surface area contributed by atoms with Crippen LogP contribution in [0.2, 0.25) is 0 Å². The number of aromatic hydroxyl groups is 1. The zero-order valence-electron chi connectivity index (χ0n) is 15.0. The first-order valence-electron chi connectivity index (χ1n) is 8.24. The second-order valence-corrected chi connectivity index (χ2v) is 7.41. The van der Waals surface area contributed by atoms with Crippen molar-refractivity contribution in [1.82, 2.24) is 9.78 Å². The Morgan fingerprint density at radius 3 is 2.17 bits per heavy atom. The molecular formula is C21H24N2O. The Kier molecular flexibility index (Phi) is 3.96. The lowest BCUT2D eigenvalue weighted by molar-refractivity contribution is 0.414. The molecule has 0 aliphatic carbocycles. The Hall–Kier alpha value is -2.55. The highest BCUT2D eigenvalue weighted by Crippen LogP contribution is 2.40. The summed E-state index contributed by atoms with van der Waals surface area (Å²) < 4.78 is 1.64. The normalized spacial score (nSPS) is 11.7. The maximum absolute atomic E-state index is 10.9. The van der Waals surface area contributed by atoms with Gasteiger partial charge in [0.25, 0.3) is 0 Å². The van der Waals surface area contributed by atoms with Crippen LogP contribution in [0.1, 0.15) is 37.5 Å². The average molecular weight is 320 g/mol. The van der Waals surface area contributed by atoms with Crippen LogP contribution in [-0.2, 0) is 5.41 Å². The molecule has 0 spiro atoms.